The maximum absolute atomic E-state index is 11.3. The number of benzene rings is 1. The van der Waals surface area contributed by atoms with Crippen LogP contribution in [0.1, 0.15) is 16.8 Å². The van der Waals surface area contributed by atoms with Crippen molar-refractivity contribution in [3.63, 3.8) is 0 Å². The highest BCUT2D eigenvalue weighted by Crippen LogP contribution is 2.15. The molecule has 4 nitrogen and oxygen atoms in total. The molecule has 0 aliphatic carbocycles. The van der Waals surface area contributed by atoms with Gasteiger partial charge in [-0.25, -0.2) is 4.98 Å². The molecule has 0 aliphatic heterocycles. The van der Waals surface area contributed by atoms with Crippen LogP contribution in [0.15, 0.2) is 48.8 Å². The molecule has 0 aliphatic rings. The highest BCUT2D eigenvalue weighted by Gasteiger charge is 2.05. The molecule has 0 saturated heterocycles. The molecule has 0 saturated carbocycles. The monoisotopic (exact) mass is 313 g/mol. The second-order valence-electron chi connectivity index (χ2n) is 5.41. The molecular formula is C17H19N3OS. The molecule has 0 bridgehead atoms. The van der Waals surface area contributed by atoms with Gasteiger partial charge >= 0.3 is 0 Å². The van der Waals surface area contributed by atoms with Crippen molar-refractivity contribution in [2.75, 3.05) is 11.6 Å². The lowest BCUT2D eigenvalue weighted by Gasteiger charge is -2.08. The van der Waals surface area contributed by atoms with Crippen LogP contribution in [0.25, 0.3) is 5.65 Å². The predicted octanol–water partition coefficient (Wildman–Crippen LogP) is 3.13. The Morgan fingerprint density at radius 1 is 1.27 bits per heavy atom. The van der Waals surface area contributed by atoms with E-state index in [-0.39, 0.29) is 0 Å². The Balaban J connectivity index is 1.77. The van der Waals surface area contributed by atoms with Gasteiger partial charge in [0.1, 0.15) is 5.65 Å². The first-order chi connectivity index (χ1) is 10.6. The zero-order valence-electron chi connectivity index (χ0n) is 12.7. The summed E-state index contributed by atoms with van der Waals surface area (Å²) in [5, 5.41) is 3.41. The molecule has 0 amide bonds. The van der Waals surface area contributed by atoms with E-state index in [0.717, 1.165) is 22.6 Å². The van der Waals surface area contributed by atoms with Gasteiger partial charge in [0.15, 0.2) is 0 Å². The summed E-state index contributed by atoms with van der Waals surface area (Å²) in [5.41, 5.74) is 5.39. The van der Waals surface area contributed by atoms with Gasteiger partial charge in [0.05, 0.1) is 18.4 Å². The van der Waals surface area contributed by atoms with Crippen molar-refractivity contribution in [3.8, 4) is 0 Å². The zero-order valence-corrected chi connectivity index (χ0v) is 13.6. The molecule has 2 aromatic heterocycles. The Kier molecular flexibility index (Phi) is 4.24. The van der Waals surface area contributed by atoms with E-state index in [0.29, 0.717) is 12.3 Å². The highest BCUT2D eigenvalue weighted by molar-refractivity contribution is 7.83. The van der Waals surface area contributed by atoms with E-state index >= 15 is 0 Å². The lowest BCUT2D eigenvalue weighted by atomic mass is 10.2. The van der Waals surface area contributed by atoms with Gasteiger partial charge in [-0.15, -0.1) is 0 Å². The molecule has 2 heterocycles. The van der Waals surface area contributed by atoms with Crippen molar-refractivity contribution in [1.82, 2.24) is 9.38 Å². The summed E-state index contributed by atoms with van der Waals surface area (Å²) < 4.78 is 13.4. The number of rotatable bonds is 5. The standard InChI is InChI=1S/C17H19N3OS/c1-13-5-4-8-20-16(11-19-17(13)20)10-18-15-7-3-6-14(9-15)12-22(2)21/h3-9,11,18H,10,12H2,1-2H3. The van der Waals surface area contributed by atoms with Gasteiger partial charge in [-0.1, -0.05) is 18.2 Å². The SMILES string of the molecule is Cc1cccn2c(CNc3cccc(CS(C)=O)c3)cnc12. The van der Waals surface area contributed by atoms with Gasteiger partial charge in [0.25, 0.3) is 0 Å². The van der Waals surface area contributed by atoms with Gasteiger partial charge in [-0.05, 0) is 36.2 Å². The number of hydrogen-bond acceptors (Lipinski definition) is 3. The highest BCUT2D eigenvalue weighted by atomic mass is 32.2. The maximum atomic E-state index is 11.3. The van der Waals surface area contributed by atoms with Crippen molar-refractivity contribution >= 4 is 22.1 Å². The molecule has 0 fully saturated rings. The van der Waals surface area contributed by atoms with E-state index in [1.807, 2.05) is 36.7 Å². The largest absolute Gasteiger partial charge is 0.379 e. The molecule has 0 radical (unpaired) electrons. The molecule has 114 valence electrons. The summed E-state index contributed by atoms with van der Waals surface area (Å²) in [6.07, 6.45) is 5.66. The van der Waals surface area contributed by atoms with Crippen molar-refractivity contribution in [2.24, 2.45) is 0 Å². The quantitative estimate of drug-likeness (QED) is 0.787. The molecule has 5 heteroatoms. The number of imidazole rings is 1. The molecule has 0 spiro atoms. The number of aromatic nitrogens is 2. The van der Waals surface area contributed by atoms with Gasteiger partial charge in [-0.2, -0.15) is 0 Å². The second kappa shape index (κ2) is 6.32. The third kappa shape index (κ3) is 3.20. The van der Waals surface area contributed by atoms with E-state index in [1.54, 1.807) is 6.26 Å². The number of nitrogens with zero attached hydrogens (tertiary/aromatic N) is 2. The van der Waals surface area contributed by atoms with Crippen molar-refractivity contribution in [1.29, 1.82) is 0 Å². The summed E-state index contributed by atoms with van der Waals surface area (Å²) in [6.45, 7) is 2.76. The fourth-order valence-electron chi connectivity index (χ4n) is 2.53. The van der Waals surface area contributed by atoms with Crippen LogP contribution in [0.2, 0.25) is 0 Å². The number of fused-ring (bicyclic) bond motifs is 1. The Hall–Kier alpha value is -2.14. The fourth-order valence-corrected chi connectivity index (χ4v) is 3.18. The average molecular weight is 313 g/mol. The van der Waals surface area contributed by atoms with Crippen molar-refractivity contribution in [2.45, 2.75) is 19.2 Å². The molecule has 3 aromatic rings. The zero-order chi connectivity index (χ0) is 15.5. The first-order valence-corrected chi connectivity index (χ1v) is 8.90. The molecule has 1 aromatic carbocycles. The Morgan fingerprint density at radius 2 is 2.14 bits per heavy atom. The minimum Gasteiger partial charge on any atom is -0.379 e. The van der Waals surface area contributed by atoms with E-state index in [9.17, 15) is 4.21 Å². The van der Waals surface area contributed by atoms with E-state index in [2.05, 4.69) is 33.8 Å². The fraction of sp³-hybridized carbons (Fsp3) is 0.235. The Labute approximate surface area is 132 Å². The maximum Gasteiger partial charge on any atom is 0.139 e. The van der Waals surface area contributed by atoms with Crippen molar-refractivity contribution < 1.29 is 4.21 Å². The summed E-state index contributed by atoms with van der Waals surface area (Å²) in [5.74, 6) is 0.588. The van der Waals surface area contributed by atoms with Crippen LogP contribution in [0.5, 0.6) is 0 Å². The van der Waals surface area contributed by atoms with Crippen LogP contribution in [0, 0.1) is 6.92 Å². The number of aryl methyl sites for hydroxylation is 1. The first kappa shape index (κ1) is 14.8. The van der Waals surface area contributed by atoms with Crippen LogP contribution in [-0.4, -0.2) is 19.8 Å². The third-order valence-corrected chi connectivity index (χ3v) is 4.32. The number of pyridine rings is 1. The van der Waals surface area contributed by atoms with E-state index in [1.165, 1.54) is 5.56 Å². The summed E-state index contributed by atoms with van der Waals surface area (Å²) in [7, 11) is -0.821. The molecule has 22 heavy (non-hydrogen) atoms. The molecule has 3 rings (SSSR count). The number of hydrogen-bond donors (Lipinski definition) is 1. The Bertz CT molecular complexity index is 826. The Morgan fingerprint density at radius 3 is 2.95 bits per heavy atom. The van der Waals surface area contributed by atoms with Crippen LogP contribution in [0.3, 0.4) is 0 Å². The lowest BCUT2D eigenvalue weighted by molar-refractivity contribution is 0.686. The minimum absolute atomic E-state index is 0.588. The average Bonchev–Trinajstić information content (AvgIpc) is 2.89. The van der Waals surface area contributed by atoms with Gasteiger partial charge in [0.2, 0.25) is 0 Å². The van der Waals surface area contributed by atoms with Crippen LogP contribution >= 0.6 is 0 Å². The van der Waals surface area contributed by atoms with Crippen LogP contribution in [-0.2, 0) is 23.1 Å². The van der Waals surface area contributed by atoms with Crippen molar-refractivity contribution in [3.05, 3.63) is 65.6 Å². The van der Waals surface area contributed by atoms with Crippen LogP contribution < -0.4 is 5.32 Å². The van der Waals surface area contributed by atoms with Gasteiger partial charge in [0, 0.05) is 34.7 Å². The third-order valence-electron chi connectivity index (χ3n) is 3.58. The summed E-state index contributed by atoms with van der Waals surface area (Å²) >= 11 is 0. The second-order valence-corrected chi connectivity index (χ2v) is 6.84. The summed E-state index contributed by atoms with van der Waals surface area (Å²) in [6, 6.07) is 12.2. The molecule has 1 atom stereocenters. The molecule has 1 unspecified atom stereocenters. The smallest absolute Gasteiger partial charge is 0.139 e. The first-order valence-electron chi connectivity index (χ1n) is 7.18. The molecule has 1 N–H and O–H groups in total. The predicted molar refractivity (Wildman–Crippen MR) is 91.5 cm³/mol. The lowest BCUT2D eigenvalue weighted by Crippen LogP contribution is -2.03. The number of nitrogens with one attached hydrogen (secondary N) is 1. The van der Waals surface area contributed by atoms with Crippen LogP contribution in [0.4, 0.5) is 5.69 Å². The minimum atomic E-state index is -0.821. The number of anilines is 1. The van der Waals surface area contributed by atoms with E-state index in [4.69, 9.17) is 0 Å². The van der Waals surface area contributed by atoms with E-state index < -0.39 is 10.8 Å². The normalized spacial score (nSPS) is 12.5. The van der Waals surface area contributed by atoms with Gasteiger partial charge in [-0.3, -0.25) is 4.21 Å². The molecular weight excluding hydrogens is 294 g/mol. The summed E-state index contributed by atoms with van der Waals surface area (Å²) in [4.78, 5) is 4.47. The topological polar surface area (TPSA) is 46.4 Å². The van der Waals surface area contributed by atoms with Gasteiger partial charge < -0.3 is 9.72 Å².